The molecule has 1 amide bonds. The first-order chi connectivity index (χ1) is 16.1. The number of carbonyl (C=O) groups excluding carboxylic acids is 1. The zero-order valence-electron chi connectivity index (χ0n) is 18.0. The second kappa shape index (κ2) is 8.97. The van der Waals surface area contributed by atoms with Gasteiger partial charge in [0.1, 0.15) is 11.1 Å². The van der Waals surface area contributed by atoms with Crippen LogP contribution in [0.1, 0.15) is 10.4 Å². The van der Waals surface area contributed by atoms with Gasteiger partial charge in [0.25, 0.3) is 11.5 Å². The molecular formula is C24H24N6O3. The Morgan fingerprint density at radius 3 is 2.64 bits per heavy atom. The molecule has 0 spiro atoms. The van der Waals surface area contributed by atoms with Gasteiger partial charge in [0.15, 0.2) is 5.65 Å². The number of morpholine rings is 1. The summed E-state index contributed by atoms with van der Waals surface area (Å²) in [6.07, 6.45) is 1.65. The van der Waals surface area contributed by atoms with E-state index in [9.17, 15) is 9.59 Å². The maximum Gasteiger partial charge on any atom is 0.267 e. The highest BCUT2D eigenvalue weighted by Gasteiger charge is 2.19. The fourth-order valence-corrected chi connectivity index (χ4v) is 4.08. The van der Waals surface area contributed by atoms with Crippen molar-refractivity contribution in [3.05, 3.63) is 82.2 Å². The Morgan fingerprint density at radius 1 is 1.09 bits per heavy atom. The van der Waals surface area contributed by atoms with Gasteiger partial charge in [-0.25, -0.2) is 4.98 Å². The minimum Gasteiger partial charge on any atom is -0.379 e. The molecule has 2 N–H and O–H groups in total. The average Bonchev–Trinajstić information content (AvgIpc) is 2.85. The van der Waals surface area contributed by atoms with Crippen LogP contribution in [0.15, 0.2) is 65.6 Å². The lowest BCUT2D eigenvalue weighted by atomic mass is 10.1. The Labute approximate surface area is 189 Å². The van der Waals surface area contributed by atoms with Crippen LogP contribution in [0.5, 0.6) is 0 Å². The van der Waals surface area contributed by atoms with Gasteiger partial charge in [0.05, 0.1) is 24.2 Å². The summed E-state index contributed by atoms with van der Waals surface area (Å²) in [7, 11) is 0. The zero-order chi connectivity index (χ0) is 22.8. The van der Waals surface area contributed by atoms with Crippen molar-refractivity contribution >= 4 is 22.6 Å². The quantitative estimate of drug-likeness (QED) is 0.450. The van der Waals surface area contributed by atoms with Gasteiger partial charge in [-0.1, -0.05) is 24.3 Å². The molecule has 1 aliphatic heterocycles. The van der Waals surface area contributed by atoms with Crippen molar-refractivity contribution in [2.45, 2.75) is 0 Å². The van der Waals surface area contributed by atoms with E-state index in [2.05, 4.69) is 15.2 Å². The predicted octanol–water partition coefficient (Wildman–Crippen LogP) is 1.18. The highest BCUT2D eigenvalue weighted by Crippen LogP contribution is 2.15. The topological polar surface area (TPSA) is 105 Å². The molecule has 168 valence electrons. The van der Waals surface area contributed by atoms with Crippen LogP contribution in [0.25, 0.3) is 22.4 Å². The lowest BCUT2D eigenvalue weighted by Gasteiger charge is -2.26. The van der Waals surface area contributed by atoms with Gasteiger partial charge in [0.2, 0.25) is 0 Å². The van der Waals surface area contributed by atoms with Crippen LogP contribution >= 0.6 is 0 Å². The zero-order valence-corrected chi connectivity index (χ0v) is 18.0. The lowest BCUT2D eigenvalue weighted by molar-refractivity contribution is 0.0383. The van der Waals surface area contributed by atoms with E-state index < -0.39 is 5.91 Å². The third-order valence-corrected chi connectivity index (χ3v) is 5.80. The molecular weight excluding hydrogens is 420 g/mol. The van der Waals surface area contributed by atoms with E-state index in [0.717, 1.165) is 13.1 Å². The Kier molecular flexibility index (Phi) is 5.72. The van der Waals surface area contributed by atoms with Gasteiger partial charge in [-0.15, -0.1) is 0 Å². The van der Waals surface area contributed by atoms with Crippen molar-refractivity contribution in [1.29, 1.82) is 5.41 Å². The van der Waals surface area contributed by atoms with Crippen molar-refractivity contribution in [2.24, 2.45) is 0 Å². The molecule has 9 heteroatoms. The van der Waals surface area contributed by atoms with E-state index in [1.807, 2.05) is 30.3 Å². The number of pyridine rings is 2. The predicted molar refractivity (Wildman–Crippen MR) is 124 cm³/mol. The summed E-state index contributed by atoms with van der Waals surface area (Å²) in [6, 6.07) is 16.0. The Bertz CT molecular complexity index is 1440. The maximum atomic E-state index is 13.3. The van der Waals surface area contributed by atoms with Gasteiger partial charge < -0.3 is 10.1 Å². The number of fused-ring (bicyclic) bond motifs is 2. The molecule has 1 aliphatic rings. The van der Waals surface area contributed by atoms with Gasteiger partial charge in [-0.05, 0) is 30.3 Å². The number of amides is 1. The molecule has 0 saturated carbocycles. The van der Waals surface area contributed by atoms with Gasteiger partial charge in [-0.3, -0.25) is 28.9 Å². The molecule has 33 heavy (non-hydrogen) atoms. The monoisotopic (exact) mass is 444 g/mol. The maximum absolute atomic E-state index is 13.3. The number of ether oxygens (including phenoxy) is 1. The fraction of sp³-hybridized carbons (Fsp3) is 0.250. The Morgan fingerprint density at radius 2 is 1.85 bits per heavy atom. The summed E-state index contributed by atoms with van der Waals surface area (Å²) < 4.78 is 8.36. The van der Waals surface area contributed by atoms with Crippen molar-refractivity contribution in [2.75, 3.05) is 39.4 Å². The van der Waals surface area contributed by atoms with E-state index in [4.69, 9.17) is 10.1 Å². The molecule has 1 aromatic carbocycles. The molecule has 1 fully saturated rings. The third-order valence-electron chi connectivity index (χ3n) is 5.80. The van der Waals surface area contributed by atoms with E-state index in [1.54, 1.807) is 29.0 Å². The Hall–Kier alpha value is -3.82. The molecule has 5 rings (SSSR count). The van der Waals surface area contributed by atoms with E-state index >= 15 is 0 Å². The van der Waals surface area contributed by atoms with Crippen molar-refractivity contribution in [3.8, 4) is 5.69 Å². The molecule has 0 unspecified atom stereocenters. The van der Waals surface area contributed by atoms with E-state index in [-0.39, 0.29) is 22.0 Å². The number of hydrogen-bond acceptors (Lipinski definition) is 6. The van der Waals surface area contributed by atoms with Crippen LogP contribution in [0, 0.1) is 5.41 Å². The first kappa shape index (κ1) is 21.0. The summed E-state index contributed by atoms with van der Waals surface area (Å²) in [6.45, 7) is 4.19. The number of nitrogens with zero attached hydrogens (tertiary/aromatic N) is 4. The van der Waals surface area contributed by atoms with Crippen LogP contribution in [0.4, 0.5) is 0 Å². The van der Waals surface area contributed by atoms with Crippen LogP contribution in [-0.2, 0) is 4.74 Å². The average molecular weight is 444 g/mol. The molecule has 3 aromatic heterocycles. The van der Waals surface area contributed by atoms with Crippen molar-refractivity contribution in [3.63, 3.8) is 0 Å². The van der Waals surface area contributed by atoms with Gasteiger partial charge in [-0.2, -0.15) is 0 Å². The summed E-state index contributed by atoms with van der Waals surface area (Å²) in [5, 5.41) is 12.0. The molecule has 0 atom stereocenters. The second-order valence-corrected chi connectivity index (χ2v) is 7.87. The number of aromatic nitrogens is 3. The van der Waals surface area contributed by atoms with Crippen molar-refractivity contribution in [1.82, 2.24) is 24.2 Å². The normalized spacial score (nSPS) is 14.5. The van der Waals surface area contributed by atoms with E-state index in [1.165, 1.54) is 10.5 Å². The third kappa shape index (κ3) is 4.04. The lowest BCUT2D eigenvalue weighted by Crippen LogP contribution is -2.42. The molecule has 0 aliphatic carbocycles. The van der Waals surface area contributed by atoms with Gasteiger partial charge in [0, 0.05) is 38.1 Å². The SMILES string of the molecule is N=c1c(C(=O)NCCN2CCOCC2)cc2c(=O)n3ccccc3nc2n1-c1ccccc1. The number of benzene rings is 1. The number of para-hydroxylation sites is 1. The molecule has 0 radical (unpaired) electrons. The Balaban J connectivity index is 1.60. The number of nitrogens with one attached hydrogen (secondary N) is 2. The van der Waals surface area contributed by atoms with Crippen LogP contribution in [0.3, 0.4) is 0 Å². The molecule has 4 aromatic rings. The minimum atomic E-state index is -0.391. The van der Waals surface area contributed by atoms with Crippen molar-refractivity contribution < 1.29 is 9.53 Å². The molecule has 9 nitrogen and oxygen atoms in total. The van der Waals surface area contributed by atoms with Crippen LogP contribution in [-0.4, -0.2) is 64.2 Å². The first-order valence-corrected chi connectivity index (χ1v) is 10.9. The van der Waals surface area contributed by atoms with E-state index in [0.29, 0.717) is 43.3 Å². The first-order valence-electron chi connectivity index (χ1n) is 10.9. The molecule has 4 heterocycles. The summed E-state index contributed by atoms with van der Waals surface area (Å²) in [5.74, 6) is -0.391. The molecule has 0 bridgehead atoms. The number of hydrogen-bond donors (Lipinski definition) is 2. The summed E-state index contributed by atoms with van der Waals surface area (Å²) in [4.78, 5) is 33.2. The fourth-order valence-electron chi connectivity index (χ4n) is 4.08. The number of rotatable bonds is 5. The van der Waals surface area contributed by atoms with Crippen LogP contribution < -0.4 is 16.4 Å². The highest BCUT2D eigenvalue weighted by atomic mass is 16.5. The smallest absolute Gasteiger partial charge is 0.267 e. The second-order valence-electron chi connectivity index (χ2n) is 7.87. The largest absolute Gasteiger partial charge is 0.379 e. The number of carbonyl (C=O) groups is 1. The summed E-state index contributed by atoms with van der Waals surface area (Å²) in [5.41, 5.74) is 1.28. The highest BCUT2D eigenvalue weighted by molar-refractivity contribution is 5.97. The standard InChI is InChI=1S/C24H24N6O3/c25-21-18(23(31)26-9-11-28-12-14-33-15-13-28)16-19-22(30(21)17-6-2-1-3-7-17)27-20-8-4-5-10-29(20)24(19)32/h1-8,10,16,25H,9,11-15H2,(H,26,31). The minimum absolute atomic E-state index is 0.0234. The molecule has 1 saturated heterocycles. The van der Waals surface area contributed by atoms with Gasteiger partial charge >= 0.3 is 0 Å². The summed E-state index contributed by atoms with van der Waals surface area (Å²) >= 11 is 0. The van der Waals surface area contributed by atoms with Crippen LogP contribution in [0.2, 0.25) is 0 Å².